The number of H-pyrrole nitrogens is 1. The van der Waals surface area contributed by atoms with Crippen molar-refractivity contribution in [2.45, 2.75) is 50.6 Å². The third-order valence-corrected chi connectivity index (χ3v) is 5.33. The SMILES string of the molecule is CCNCc1cc(S(=O)(=O)NC(C)C2CCC2)c[nH]1. The van der Waals surface area contributed by atoms with Crippen LogP contribution in [0, 0.1) is 5.92 Å². The fourth-order valence-electron chi connectivity index (χ4n) is 2.28. The Bertz CT molecular complexity index is 506. The summed E-state index contributed by atoms with van der Waals surface area (Å²) in [5, 5.41) is 3.16. The van der Waals surface area contributed by atoms with Crippen LogP contribution in [-0.4, -0.2) is 26.0 Å². The van der Waals surface area contributed by atoms with Crippen molar-refractivity contribution in [3.8, 4) is 0 Å². The molecule has 1 heterocycles. The first-order valence-electron chi connectivity index (χ1n) is 6.93. The van der Waals surface area contributed by atoms with Gasteiger partial charge in [-0.1, -0.05) is 13.3 Å². The molecular formula is C13H23N3O2S. The zero-order valence-electron chi connectivity index (χ0n) is 11.6. The van der Waals surface area contributed by atoms with Gasteiger partial charge in [0.15, 0.2) is 0 Å². The van der Waals surface area contributed by atoms with E-state index in [2.05, 4.69) is 15.0 Å². The summed E-state index contributed by atoms with van der Waals surface area (Å²) < 4.78 is 27.2. The molecule has 1 aliphatic carbocycles. The first kappa shape index (κ1) is 14.6. The highest BCUT2D eigenvalue weighted by Gasteiger charge is 2.28. The highest BCUT2D eigenvalue weighted by molar-refractivity contribution is 7.89. The topological polar surface area (TPSA) is 74.0 Å². The summed E-state index contributed by atoms with van der Waals surface area (Å²) in [6.07, 6.45) is 5.03. The second-order valence-electron chi connectivity index (χ2n) is 5.24. The van der Waals surface area contributed by atoms with Crippen LogP contribution in [0.2, 0.25) is 0 Å². The molecule has 1 fully saturated rings. The number of nitrogens with one attached hydrogen (secondary N) is 3. The van der Waals surface area contributed by atoms with Crippen LogP contribution >= 0.6 is 0 Å². The maximum Gasteiger partial charge on any atom is 0.242 e. The van der Waals surface area contributed by atoms with Gasteiger partial charge in [-0.15, -0.1) is 0 Å². The average molecular weight is 285 g/mol. The van der Waals surface area contributed by atoms with Crippen LogP contribution in [0.25, 0.3) is 0 Å². The Morgan fingerprint density at radius 3 is 2.79 bits per heavy atom. The van der Waals surface area contributed by atoms with Crippen molar-refractivity contribution in [1.82, 2.24) is 15.0 Å². The predicted octanol–water partition coefficient (Wildman–Crippen LogP) is 1.59. The Kier molecular flexibility index (Phi) is 4.65. The smallest absolute Gasteiger partial charge is 0.242 e. The van der Waals surface area contributed by atoms with E-state index in [9.17, 15) is 8.42 Å². The zero-order valence-corrected chi connectivity index (χ0v) is 12.4. The van der Waals surface area contributed by atoms with E-state index in [4.69, 9.17) is 0 Å². The number of aromatic nitrogens is 1. The molecule has 1 aliphatic rings. The van der Waals surface area contributed by atoms with E-state index >= 15 is 0 Å². The Hall–Kier alpha value is -0.850. The maximum atomic E-state index is 12.2. The molecule has 3 N–H and O–H groups in total. The monoisotopic (exact) mass is 285 g/mol. The Morgan fingerprint density at radius 1 is 1.47 bits per heavy atom. The van der Waals surface area contributed by atoms with Crippen molar-refractivity contribution in [1.29, 1.82) is 0 Å². The molecule has 108 valence electrons. The molecule has 19 heavy (non-hydrogen) atoms. The van der Waals surface area contributed by atoms with Gasteiger partial charge in [0.2, 0.25) is 10.0 Å². The lowest BCUT2D eigenvalue weighted by molar-refractivity contribution is 0.260. The summed E-state index contributed by atoms with van der Waals surface area (Å²) in [5.74, 6) is 0.495. The Morgan fingerprint density at radius 2 is 2.21 bits per heavy atom. The van der Waals surface area contributed by atoms with Crippen molar-refractivity contribution >= 4 is 10.0 Å². The minimum Gasteiger partial charge on any atom is -0.363 e. The van der Waals surface area contributed by atoms with E-state index < -0.39 is 10.0 Å². The van der Waals surface area contributed by atoms with Crippen LogP contribution < -0.4 is 10.0 Å². The molecule has 1 aromatic heterocycles. The summed E-state index contributed by atoms with van der Waals surface area (Å²) in [6.45, 7) is 5.48. The van der Waals surface area contributed by atoms with E-state index in [-0.39, 0.29) is 6.04 Å². The third kappa shape index (κ3) is 3.58. The molecule has 1 saturated carbocycles. The van der Waals surface area contributed by atoms with Crippen LogP contribution in [0.5, 0.6) is 0 Å². The molecule has 0 saturated heterocycles. The lowest BCUT2D eigenvalue weighted by Gasteiger charge is -2.31. The van der Waals surface area contributed by atoms with E-state index in [0.29, 0.717) is 17.4 Å². The summed E-state index contributed by atoms with van der Waals surface area (Å²) in [5.41, 5.74) is 0.888. The summed E-state index contributed by atoms with van der Waals surface area (Å²) in [7, 11) is -3.39. The molecule has 0 aromatic carbocycles. The normalized spacial score (nSPS) is 18.2. The van der Waals surface area contributed by atoms with Crippen LogP contribution in [0.1, 0.15) is 38.8 Å². The predicted molar refractivity (Wildman–Crippen MR) is 75.3 cm³/mol. The highest BCUT2D eigenvalue weighted by Crippen LogP contribution is 2.30. The van der Waals surface area contributed by atoms with Crippen LogP contribution in [0.15, 0.2) is 17.2 Å². The molecule has 5 nitrogen and oxygen atoms in total. The summed E-state index contributed by atoms with van der Waals surface area (Å²) in [4.78, 5) is 3.32. The average Bonchev–Trinajstić information content (AvgIpc) is 2.72. The lowest BCUT2D eigenvalue weighted by Crippen LogP contribution is -2.40. The van der Waals surface area contributed by atoms with Gasteiger partial charge in [0.1, 0.15) is 0 Å². The fourth-order valence-corrected chi connectivity index (χ4v) is 3.61. The van der Waals surface area contributed by atoms with Crippen molar-refractivity contribution in [2.75, 3.05) is 6.54 Å². The van der Waals surface area contributed by atoms with Gasteiger partial charge in [-0.05, 0) is 38.3 Å². The van der Waals surface area contributed by atoms with Gasteiger partial charge in [-0.25, -0.2) is 13.1 Å². The number of rotatable bonds is 7. The molecule has 1 atom stereocenters. The second-order valence-corrected chi connectivity index (χ2v) is 6.96. The van der Waals surface area contributed by atoms with Gasteiger partial charge in [0.25, 0.3) is 0 Å². The van der Waals surface area contributed by atoms with Crippen molar-refractivity contribution < 1.29 is 8.42 Å². The van der Waals surface area contributed by atoms with Gasteiger partial charge in [0.05, 0.1) is 4.90 Å². The number of aromatic amines is 1. The molecule has 0 spiro atoms. The molecule has 1 unspecified atom stereocenters. The van der Waals surface area contributed by atoms with Crippen molar-refractivity contribution in [3.05, 3.63) is 18.0 Å². The molecule has 0 bridgehead atoms. The van der Waals surface area contributed by atoms with E-state index in [1.165, 1.54) is 6.42 Å². The molecule has 0 radical (unpaired) electrons. The molecule has 1 aromatic rings. The molecular weight excluding hydrogens is 262 g/mol. The van der Waals surface area contributed by atoms with Gasteiger partial charge in [-0.3, -0.25) is 0 Å². The van der Waals surface area contributed by atoms with Crippen molar-refractivity contribution in [3.63, 3.8) is 0 Å². The zero-order chi connectivity index (χ0) is 13.9. The largest absolute Gasteiger partial charge is 0.363 e. The van der Waals surface area contributed by atoms with Gasteiger partial charge < -0.3 is 10.3 Å². The number of sulfonamides is 1. The van der Waals surface area contributed by atoms with E-state index in [1.54, 1.807) is 12.3 Å². The van der Waals surface area contributed by atoms with Crippen LogP contribution in [0.4, 0.5) is 0 Å². The van der Waals surface area contributed by atoms with Crippen LogP contribution in [0.3, 0.4) is 0 Å². The Balaban J connectivity index is 1.99. The first-order chi connectivity index (χ1) is 9.03. The van der Waals surface area contributed by atoms with E-state index in [1.807, 2.05) is 13.8 Å². The standard InChI is InChI=1S/C13H23N3O2S/c1-3-14-8-12-7-13(9-15-12)19(17,18)16-10(2)11-5-4-6-11/h7,9-11,14-16H,3-6,8H2,1-2H3. The second kappa shape index (κ2) is 6.07. The number of hydrogen-bond donors (Lipinski definition) is 3. The lowest BCUT2D eigenvalue weighted by atomic mass is 9.81. The highest BCUT2D eigenvalue weighted by atomic mass is 32.2. The van der Waals surface area contributed by atoms with Crippen molar-refractivity contribution in [2.24, 2.45) is 5.92 Å². The summed E-state index contributed by atoms with van der Waals surface area (Å²) >= 11 is 0. The molecule has 2 rings (SSSR count). The third-order valence-electron chi connectivity index (χ3n) is 3.79. The molecule has 6 heteroatoms. The molecule has 0 aliphatic heterocycles. The van der Waals surface area contributed by atoms with Crippen LogP contribution in [-0.2, 0) is 16.6 Å². The minimum atomic E-state index is -3.39. The number of hydrogen-bond acceptors (Lipinski definition) is 3. The first-order valence-corrected chi connectivity index (χ1v) is 8.41. The van der Waals surface area contributed by atoms with Gasteiger partial charge in [-0.2, -0.15) is 0 Å². The minimum absolute atomic E-state index is 0.0193. The fraction of sp³-hybridized carbons (Fsp3) is 0.692. The quantitative estimate of drug-likeness (QED) is 0.712. The maximum absolute atomic E-state index is 12.2. The summed E-state index contributed by atoms with van der Waals surface area (Å²) in [6, 6.07) is 1.71. The van der Waals surface area contributed by atoms with Gasteiger partial charge in [0, 0.05) is 24.5 Å². The van der Waals surface area contributed by atoms with E-state index in [0.717, 1.165) is 25.1 Å². The molecule has 0 amide bonds. The van der Waals surface area contributed by atoms with Gasteiger partial charge >= 0.3 is 0 Å². The Labute approximate surface area is 115 Å².